The summed E-state index contributed by atoms with van der Waals surface area (Å²) in [6.45, 7) is 0. The first-order valence-electron chi connectivity index (χ1n) is 4.54. The second kappa shape index (κ2) is 7.20. The molecule has 92 valence electrons. The minimum Gasteiger partial charge on any atom is -0.390 e. The van der Waals surface area contributed by atoms with Crippen LogP contribution in [0.1, 0.15) is 12.8 Å². The number of halogens is 2. The first-order chi connectivity index (χ1) is 6.83. The Bertz CT molecular complexity index is 163. The highest BCUT2D eigenvalue weighted by molar-refractivity contribution is 6.72. The van der Waals surface area contributed by atoms with Crippen LogP contribution in [0.4, 0.5) is 0 Å². The molecule has 0 aliphatic carbocycles. The van der Waals surface area contributed by atoms with Crippen LogP contribution in [0.15, 0.2) is 0 Å². The summed E-state index contributed by atoms with van der Waals surface area (Å²) in [5.41, 5.74) is 0. The van der Waals surface area contributed by atoms with E-state index in [9.17, 15) is 19.2 Å². The van der Waals surface area contributed by atoms with E-state index in [0.29, 0.717) is 12.8 Å². The Balaban J connectivity index is 4.04. The quantitative estimate of drug-likeness (QED) is 0.377. The van der Waals surface area contributed by atoms with Crippen molar-refractivity contribution < 1.29 is 23.3 Å². The Morgan fingerprint density at radius 2 is 1.13 bits per heavy atom. The van der Waals surface area contributed by atoms with Crippen molar-refractivity contribution in [3.63, 3.8) is 0 Å². The van der Waals surface area contributed by atoms with Gasteiger partial charge in [-0.2, -0.15) is 0 Å². The Morgan fingerprint density at radius 1 is 0.800 bits per heavy atom. The first-order valence-corrected chi connectivity index (χ1v) is 9.63. The highest BCUT2D eigenvalue weighted by Crippen LogP contribution is 2.16. The van der Waals surface area contributed by atoms with Gasteiger partial charge in [0.1, 0.15) is 0 Å². The van der Waals surface area contributed by atoms with E-state index >= 15 is 0 Å². The molecule has 0 bridgehead atoms. The lowest BCUT2D eigenvalue weighted by atomic mass is 10.6. The summed E-state index contributed by atoms with van der Waals surface area (Å²) in [5.74, 6) is 0.540. The lowest BCUT2D eigenvalue weighted by molar-refractivity contribution is 0.154. The van der Waals surface area contributed by atoms with Crippen LogP contribution < -0.4 is 0 Å². The fourth-order valence-corrected chi connectivity index (χ4v) is 5.86. The first kappa shape index (κ1) is 15.8. The third-order valence-electron chi connectivity index (χ3n) is 1.60. The van der Waals surface area contributed by atoms with E-state index < -0.39 is 17.6 Å². The van der Waals surface area contributed by atoms with Crippen molar-refractivity contribution in [2.24, 2.45) is 0 Å². The van der Waals surface area contributed by atoms with Crippen molar-refractivity contribution in [3.05, 3.63) is 0 Å². The molecule has 0 aliphatic heterocycles. The van der Waals surface area contributed by atoms with Gasteiger partial charge in [-0.05, 0) is 12.8 Å². The zero-order valence-electron chi connectivity index (χ0n) is 8.20. The molecular weight excluding hydrogens is 279 g/mol. The third-order valence-corrected chi connectivity index (χ3v) is 6.76. The summed E-state index contributed by atoms with van der Waals surface area (Å²) in [5, 5.41) is 0. The summed E-state index contributed by atoms with van der Waals surface area (Å²) in [4.78, 5) is 37.5. The van der Waals surface area contributed by atoms with Crippen LogP contribution in [0, 0.1) is 0 Å². The van der Waals surface area contributed by atoms with Crippen LogP contribution in [0.3, 0.4) is 0 Å². The van der Waals surface area contributed by atoms with Crippen molar-refractivity contribution in [1.29, 1.82) is 0 Å². The van der Waals surface area contributed by atoms with Crippen LogP contribution in [0.25, 0.3) is 0 Å². The zero-order chi connectivity index (χ0) is 11.9. The molecule has 0 aromatic rings. The highest BCUT2D eigenvalue weighted by atomic mass is 35.5. The van der Waals surface area contributed by atoms with Gasteiger partial charge in [-0.25, -0.2) is 0 Å². The molecule has 5 nitrogen and oxygen atoms in total. The fraction of sp³-hybridized carbons (Fsp3) is 1.00. The Kier molecular flexibility index (Phi) is 7.59. The van der Waals surface area contributed by atoms with Gasteiger partial charge in [-0.15, -0.1) is 23.2 Å². The Labute approximate surface area is 101 Å². The maximum absolute atomic E-state index is 9.38. The molecule has 0 atom stereocenters. The van der Waals surface area contributed by atoms with Gasteiger partial charge in [0.05, 0.1) is 0 Å². The smallest absolute Gasteiger partial charge is 0.390 e. The van der Waals surface area contributed by atoms with E-state index in [1.165, 1.54) is 0 Å². The Hall–Kier alpha value is 0.814. The second-order valence-corrected chi connectivity index (χ2v) is 8.72. The summed E-state index contributed by atoms with van der Waals surface area (Å²) >= 11 is 10.8. The van der Waals surface area contributed by atoms with Crippen LogP contribution in [-0.2, 0) is 4.12 Å². The molecule has 0 radical (unpaired) electrons. The molecule has 0 saturated carbocycles. The minimum atomic E-state index is -3.98. The maximum Gasteiger partial charge on any atom is 0.488 e. The number of rotatable bonds is 8. The molecule has 9 heteroatoms. The largest absolute Gasteiger partial charge is 0.488 e. The van der Waals surface area contributed by atoms with Crippen molar-refractivity contribution in [2.45, 2.75) is 24.9 Å². The number of hydrogen-bond acceptors (Lipinski definition) is 5. The number of alkyl halides is 2. The molecule has 15 heavy (non-hydrogen) atoms. The van der Waals surface area contributed by atoms with Gasteiger partial charge in [0.15, 0.2) is 0 Å². The SMILES string of the molecule is O[Si](O)(CCCCl)O[Si](O)(O)CCCCl. The lowest BCUT2D eigenvalue weighted by Gasteiger charge is -2.25. The zero-order valence-corrected chi connectivity index (χ0v) is 11.7. The van der Waals surface area contributed by atoms with E-state index in [-0.39, 0.29) is 23.8 Å². The summed E-state index contributed by atoms with van der Waals surface area (Å²) in [7, 11) is -7.95. The molecule has 0 aromatic carbocycles. The van der Waals surface area contributed by atoms with Gasteiger partial charge in [0.2, 0.25) is 0 Å². The van der Waals surface area contributed by atoms with Crippen molar-refractivity contribution >= 4 is 40.8 Å². The summed E-state index contributed by atoms with van der Waals surface area (Å²) in [6, 6.07) is -0.0690. The van der Waals surface area contributed by atoms with Crippen molar-refractivity contribution in [1.82, 2.24) is 0 Å². The molecule has 0 fully saturated rings. The average molecular weight is 295 g/mol. The van der Waals surface area contributed by atoms with Gasteiger partial charge in [-0.3, -0.25) is 0 Å². The van der Waals surface area contributed by atoms with Gasteiger partial charge in [0, 0.05) is 23.8 Å². The number of hydrogen-bond donors (Lipinski definition) is 4. The van der Waals surface area contributed by atoms with Crippen LogP contribution in [0.2, 0.25) is 12.1 Å². The molecular formula is C6H16Cl2O5Si2. The van der Waals surface area contributed by atoms with E-state index in [2.05, 4.69) is 4.12 Å². The van der Waals surface area contributed by atoms with Crippen molar-refractivity contribution in [2.75, 3.05) is 11.8 Å². The molecule has 0 aromatic heterocycles. The highest BCUT2D eigenvalue weighted by Gasteiger charge is 2.44. The van der Waals surface area contributed by atoms with E-state index in [1.807, 2.05) is 0 Å². The molecule has 0 rings (SSSR count). The van der Waals surface area contributed by atoms with Gasteiger partial charge in [-0.1, -0.05) is 0 Å². The maximum atomic E-state index is 9.38. The topological polar surface area (TPSA) is 90.2 Å². The standard InChI is InChI=1S/C6H16Cl2O5Si2/c7-3-1-5-14(9,10)13-15(11,12)6-2-4-8/h9-12H,1-6H2. The Morgan fingerprint density at radius 3 is 1.40 bits per heavy atom. The van der Waals surface area contributed by atoms with Crippen LogP contribution >= 0.6 is 23.2 Å². The van der Waals surface area contributed by atoms with Crippen molar-refractivity contribution in [3.8, 4) is 0 Å². The van der Waals surface area contributed by atoms with Gasteiger partial charge in [0.25, 0.3) is 0 Å². The van der Waals surface area contributed by atoms with E-state index in [1.54, 1.807) is 0 Å². The molecule has 0 heterocycles. The molecule has 0 unspecified atom stereocenters. The third kappa shape index (κ3) is 8.60. The molecule has 0 saturated heterocycles. The predicted octanol–water partition coefficient (Wildman–Crippen LogP) is 0.108. The van der Waals surface area contributed by atoms with Crippen LogP contribution in [-0.4, -0.2) is 48.6 Å². The molecule has 0 aliphatic rings. The lowest BCUT2D eigenvalue weighted by Crippen LogP contribution is -2.52. The van der Waals surface area contributed by atoms with Gasteiger partial charge >= 0.3 is 17.6 Å². The minimum absolute atomic E-state index is 0.0345. The van der Waals surface area contributed by atoms with E-state index in [4.69, 9.17) is 23.2 Å². The van der Waals surface area contributed by atoms with Crippen LogP contribution in [0.5, 0.6) is 0 Å². The molecule has 0 spiro atoms. The normalized spacial score (nSPS) is 13.2. The predicted molar refractivity (Wildman–Crippen MR) is 61.8 cm³/mol. The summed E-state index contributed by atoms with van der Waals surface area (Å²) < 4.78 is 4.61. The van der Waals surface area contributed by atoms with Gasteiger partial charge < -0.3 is 23.3 Å². The average Bonchev–Trinajstić information content (AvgIpc) is 2.10. The molecule has 0 amide bonds. The second-order valence-electron chi connectivity index (χ2n) is 3.17. The molecule has 4 N–H and O–H groups in total. The van der Waals surface area contributed by atoms with E-state index in [0.717, 1.165) is 0 Å². The monoisotopic (exact) mass is 294 g/mol. The fourth-order valence-electron chi connectivity index (χ4n) is 0.958. The summed E-state index contributed by atoms with van der Waals surface area (Å²) in [6.07, 6.45) is 0.724.